The van der Waals surface area contributed by atoms with E-state index < -0.39 is 0 Å². The number of nitrogens with zero attached hydrogens (tertiary/aromatic N) is 4. The largest absolute Gasteiger partial charge is 0.385 e. The average Bonchev–Trinajstić information content (AvgIpc) is 2.81. The van der Waals surface area contributed by atoms with E-state index in [0.29, 0.717) is 13.2 Å². The van der Waals surface area contributed by atoms with Crippen LogP contribution in [0.15, 0.2) is 4.99 Å². The van der Waals surface area contributed by atoms with Gasteiger partial charge >= 0.3 is 0 Å². The third-order valence-corrected chi connectivity index (χ3v) is 3.18. The van der Waals surface area contributed by atoms with Crippen LogP contribution < -0.4 is 10.6 Å². The van der Waals surface area contributed by atoms with E-state index in [1.165, 1.54) is 0 Å². The lowest BCUT2D eigenvalue weighted by Crippen LogP contribution is -2.44. The molecule has 8 nitrogen and oxygen atoms in total. The minimum absolute atomic E-state index is 0.167. The van der Waals surface area contributed by atoms with Gasteiger partial charge in [-0.15, -0.1) is 10.2 Å². The number of aliphatic imine (C=N–C) groups is 1. The van der Waals surface area contributed by atoms with Gasteiger partial charge < -0.3 is 24.7 Å². The first-order valence-electron chi connectivity index (χ1n) is 7.46. The Balaban J connectivity index is 2.61. The lowest BCUT2D eigenvalue weighted by Gasteiger charge is -2.17. The fourth-order valence-corrected chi connectivity index (χ4v) is 1.84. The standard InChI is InChI=1S/C14H28N6O2/c1-11(10-22-5)17-14(15-7-6-8-21-4)16-9-13-19-18-12(2)20(13)3/h11H,6-10H2,1-5H3,(H2,15,16,17). The Kier molecular flexibility index (Phi) is 8.46. The van der Waals surface area contributed by atoms with Crippen LogP contribution >= 0.6 is 0 Å². The summed E-state index contributed by atoms with van der Waals surface area (Å²) in [6.45, 7) is 6.55. The molecule has 0 fully saturated rings. The van der Waals surface area contributed by atoms with Crippen LogP contribution in [-0.2, 0) is 23.1 Å². The zero-order valence-electron chi connectivity index (χ0n) is 14.2. The van der Waals surface area contributed by atoms with Crippen LogP contribution in [0.2, 0.25) is 0 Å². The van der Waals surface area contributed by atoms with Crippen LogP contribution in [0.5, 0.6) is 0 Å². The second-order valence-electron chi connectivity index (χ2n) is 5.16. The smallest absolute Gasteiger partial charge is 0.191 e. The first-order chi connectivity index (χ1) is 10.6. The fraction of sp³-hybridized carbons (Fsp3) is 0.786. The summed E-state index contributed by atoms with van der Waals surface area (Å²) < 4.78 is 12.1. The molecule has 0 spiro atoms. The van der Waals surface area contributed by atoms with Crippen molar-refractivity contribution in [3.05, 3.63) is 11.6 Å². The Morgan fingerprint density at radius 3 is 2.68 bits per heavy atom. The highest BCUT2D eigenvalue weighted by molar-refractivity contribution is 5.80. The first kappa shape index (κ1) is 18.4. The van der Waals surface area contributed by atoms with Crippen LogP contribution in [0.1, 0.15) is 25.0 Å². The highest BCUT2D eigenvalue weighted by atomic mass is 16.5. The SMILES string of the molecule is COCCCNC(=NCc1nnc(C)n1C)NC(C)COC. The van der Waals surface area contributed by atoms with Gasteiger partial charge in [-0.1, -0.05) is 0 Å². The number of rotatable bonds is 9. The normalized spacial score (nSPS) is 13.2. The van der Waals surface area contributed by atoms with Gasteiger partial charge in [-0.05, 0) is 20.3 Å². The molecule has 0 saturated heterocycles. The van der Waals surface area contributed by atoms with E-state index in [1.807, 2.05) is 25.5 Å². The molecule has 2 N–H and O–H groups in total. The second kappa shape index (κ2) is 10.1. The maximum absolute atomic E-state index is 5.14. The van der Waals surface area contributed by atoms with Gasteiger partial charge in [0.1, 0.15) is 12.4 Å². The van der Waals surface area contributed by atoms with E-state index in [-0.39, 0.29) is 6.04 Å². The number of methoxy groups -OCH3 is 2. The van der Waals surface area contributed by atoms with Gasteiger partial charge in [0.05, 0.1) is 6.61 Å². The summed E-state index contributed by atoms with van der Waals surface area (Å²) in [5, 5.41) is 14.7. The van der Waals surface area contributed by atoms with Gasteiger partial charge in [-0.3, -0.25) is 0 Å². The molecule has 0 aliphatic heterocycles. The highest BCUT2D eigenvalue weighted by Gasteiger charge is 2.07. The van der Waals surface area contributed by atoms with Crippen molar-refractivity contribution < 1.29 is 9.47 Å². The molecule has 1 rings (SSSR count). The van der Waals surface area contributed by atoms with Gasteiger partial charge in [0, 0.05) is 40.5 Å². The second-order valence-corrected chi connectivity index (χ2v) is 5.16. The third-order valence-electron chi connectivity index (χ3n) is 3.18. The van der Waals surface area contributed by atoms with Crippen LogP contribution in [0, 0.1) is 6.92 Å². The lowest BCUT2D eigenvalue weighted by molar-refractivity contribution is 0.178. The van der Waals surface area contributed by atoms with Crippen LogP contribution in [0.25, 0.3) is 0 Å². The summed E-state index contributed by atoms with van der Waals surface area (Å²) in [5.74, 6) is 2.44. The Hall–Kier alpha value is -1.67. The van der Waals surface area contributed by atoms with Crippen molar-refractivity contribution in [2.45, 2.75) is 32.9 Å². The summed E-state index contributed by atoms with van der Waals surface area (Å²) in [4.78, 5) is 4.56. The number of hydrogen-bond acceptors (Lipinski definition) is 5. The van der Waals surface area contributed by atoms with Crippen molar-refractivity contribution in [3.63, 3.8) is 0 Å². The Morgan fingerprint density at radius 2 is 2.09 bits per heavy atom. The molecular formula is C14H28N6O2. The number of aryl methyl sites for hydroxylation is 1. The van der Waals surface area contributed by atoms with Crippen molar-refractivity contribution in [2.24, 2.45) is 12.0 Å². The third kappa shape index (κ3) is 6.40. The first-order valence-corrected chi connectivity index (χ1v) is 7.46. The van der Waals surface area contributed by atoms with E-state index >= 15 is 0 Å². The molecule has 0 amide bonds. The summed E-state index contributed by atoms with van der Waals surface area (Å²) in [6.07, 6.45) is 0.916. The predicted molar refractivity (Wildman–Crippen MR) is 85.8 cm³/mol. The van der Waals surface area contributed by atoms with Crippen LogP contribution in [0.4, 0.5) is 0 Å². The summed E-state index contributed by atoms with van der Waals surface area (Å²) in [5.41, 5.74) is 0. The van der Waals surface area contributed by atoms with Crippen molar-refractivity contribution in [1.82, 2.24) is 25.4 Å². The minimum Gasteiger partial charge on any atom is -0.385 e. The molecule has 0 aliphatic carbocycles. The van der Waals surface area contributed by atoms with Crippen molar-refractivity contribution in [2.75, 3.05) is 34.0 Å². The Bertz CT molecular complexity index is 460. The number of hydrogen-bond donors (Lipinski definition) is 2. The molecule has 22 heavy (non-hydrogen) atoms. The van der Waals surface area contributed by atoms with E-state index in [4.69, 9.17) is 9.47 Å². The van der Waals surface area contributed by atoms with Gasteiger partial charge in [-0.25, -0.2) is 4.99 Å². The Labute approximate surface area is 132 Å². The summed E-state index contributed by atoms with van der Waals surface area (Å²) in [7, 11) is 5.32. The maximum Gasteiger partial charge on any atom is 0.191 e. The molecule has 1 heterocycles. The summed E-state index contributed by atoms with van der Waals surface area (Å²) >= 11 is 0. The molecule has 1 atom stereocenters. The van der Waals surface area contributed by atoms with Gasteiger partial charge in [-0.2, -0.15) is 0 Å². The van der Waals surface area contributed by atoms with E-state index in [2.05, 4.69) is 25.8 Å². The number of aromatic nitrogens is 3. The predicted octanol–water partition coefficient (Wildman–Crippen LogP) is 0.230. The zero-order valence-corrected chi connectivity index (χ0v) is 14.2. The van der Waals surface area contributed by atoms with E-state index in [9.17, 15) is 0 Å². The molecule has 0 aliphatic rings. The molecule has 1 aromatic heterocycles. The van der Waals surface area contributed by atoms with Crippen molar-refractivity contribution >= 4 is 5.96 Å². The number of ether oxygens (including phenoxy) is 2. The minimum atomic E-state index is 0.167. The quantitative estimate of drug-likeness (QED) is 0.386. The Morgan fingerprint density at radius 1 is 1.32 bits per heavy atom. The monoisotopic (exact) mass is 312 g/mol. The maximum atomic E-state index is 5.14. The van der Waals surface area contributed by atoms with Gasteiger partial charge in [0.15, 0.2) is 11.8 Å². The summed E-state index contributed by atoms with van der Waals surface area (Å²) in [6, 6.07) is 0.167. The van der Waals surface area contributed by atoms with Gasteiger partial charge in [0.2, 0.25) is 0 Å². The van der Waals surface area contributed by atoms with Crippen LogP contribution in [-0.4, -0.2) is 60.7 Å². The molecule has 0 bridgehead atoms. The van der Waals surface area contributed by atoms with E-state index in [1.54, 1.807) is 14.2 Å². The lowest BCUT2D eigenvalue weighted by atomic mass is 10.3. The molecule has 126 valence electrons. The topological polar surface area (TPSA) is 85.6 Å². The molecule has 0 aromatic carbocycles. The van der Waals surface area contributed by atoms with E-state index in [0.717, 1.165) is 37.2 Å². The molecule has 0 radical (unpaired) electrons. The van der Waals surface area contributed by atoms with Crippen molar-refractivity contribution in [3.8, 4) is 0 Å². The number of nitrogens with one attached hydrogen (secondary N) is 2. The average molecular weight is 312 g/mol. The zero-order chi connectivity index (χ0) is 16.4. The molecular weight excluding hydrogens is 284 g/mol. The van der Waals surface area contributed by atoms with Crippen molar-refractivity contribution in [1.29, 1.82) is 0 Å². The molecule has 1 aromatic rings. The molecule has 0 saturated carbocycles. The number of guanidine groups is 1. The van der Waals surface area contributed by atoms with Crippen LogP contribution in [0.3, 0.4) is 0 Å². The highest BCUT2D eigenvalue weighted by Crippen LogP contribution is 1.99. The molecule has 1 unspecified atom stereocenters. The fourth-order valence-electron chi connectivity index (χ4n) is 1.84. The molecule has 8 heteroatoms. The van der Waals surface area contributed by atoms with Gasteiger partial charge in [0.25, 0.3) is 0 Å².